The van der Waals surface area contributed by atoms with E-state index in [2.05, 4.69) is 20.9 Å². The number of ether oxygens (including phenoxy) is 1. The first kappa shape index (κ1) is 15.8. The molecule has 1 aliphatic rings. The van der Waals surface area contributed by atoms with E-state index in [0.29, 0.717) is 12.2 Å². The smallest absolute Gasteiger partial charge is 0.185 e. The van der Waals surface area contributed by atoms with Gasteiger partial charge in [0.1, 0.15) is 12.4 Å². The molecule has 2 aromatic rings. The number of rotatable bonds is 5. The molecule has 0 amide bonds. The summed E-state index contributed by atoms with van der Waals surface area (Å²) in [5.74, 6) is 0.767. The van der Waals surface area contributed by atoms with Gasteiger partial charge in [0.2, 0.25) is 0 Å². The van der Waals surface area contributed by atoms with Crippen LogP contribution in [-0.4, -0.2) is 49.2 Å². The Hall–Kier alpha value is -2.10. The van der Waals surface area contributed by atoms with E-state index >= 15 is 0 Å². The Morgan fingerprint density at radius 1 is 1.26 bits per heavy atom. The van der Waals surface area contributed by atoms with Crippen LogP contribution in [0, 0.1) is 11.3 Å². The topological polar surface area (TPSA) is 52.4 Å². The van der Waals surface area contributed by atoms with Gasteiger partial charge in [-0.3, -0.25) is 4.90 Å². The zero-order valence-electron chi connectivity index (χ0n) is 13.0. The second kappa shape index (κ2) is 7.95. The lowest BCUT2D eigenvalue weighted by atomic mass is 10.2. The van der Waals surface area contributed by atoms with Crippen LogP contribution in [0.5, 0.6) is 5.75 Å². The summed E-state index contributed by atoms with van der Waals surface area (Å²) in [5.41, 5.74) is 0.636. The van der Waals surface area contributed by atoms with Gasteiger partial charge in [0.05, 0.1) is 11.6 Å². The van der Waals surface area contributed by atoms with Gasteiger partial charge in [-0.2, -0.15) is 5.26 Å². The number of thiazole rings is 1. The number of nitriles is 1. The number of anilines is 1. The van der Waals surface area contributed by atoms with E-state index in [0.717, 1.165) is 50.0 Å². The first-order chi connectivity index (χ1) is 11.3. The highest BCUT2D eigenvalue weighted by molar-refractivity contribution is 7.13. The normalized spacial score (nSPS) is 15.9. The third-order valence-electron chi connectivity index (χ3n) is 3.92. The van der Waals surface area contributed by atoms with Crippen LogP contribution >= 0.6 is 11.3 Å². The molecule has 0 N–H and O–H groups in total. The van der Waals surface area contributed by atoms with Crippen LogP contribution in [-0.2, 0) is 0 Å². The summed E-state index contributed by atoms with van der Waals surface area (Å²) in [4.78, 5) is 9.19. The lowest BCUT2D eigenvalue weighted by Gasteiger charge is -2.21. The van der Waals surface area contributed by atoms with Gasteiger partial charge >= 0.3 is 0 Å². The van der Waals surface area contributed by atoms with Crippen molar-refractivity contribution in [2.24, 2.45) is 0 Å². The zero-order valence-corrected chi connectivity index (χ0v) is 13.8. The molecule has 1 aliphatic heterocycles. The van der Waals surface area contributed by atoms with Crippen molar-refractivity contribution in [1.29, 1.82) is 5.26 Å². The highest BCUT2D eigenvalue weighted by atomic mass is 32.1. The molecule has 120 valence electrons. The summed E-state index contributed by atoms with van der Waals surface area (Å²) in [7, 11) is 0. The minimum absolute atomic E-state index is 0.636. The SMILES string of the molecule is N#Cc1cccc(OCCN2CCCN(c3nccs3)CC2)c1. The molecule has 2 heterocycles. The van der Waals surface area contributed by atoms with Crippen molar-refractivity contribution in [3.05, 3.63) is 41.4 Å². The molecule has 0 bridgehead atoms. The molecule has 1 aromatic heterocycles. The molecule has 0 unspecified atom stereocenters. The van der Waals surface area contributed by atoms with Crippen molar-refractivity contribution in [3.63, 3.8) is 0 Å². The van der Waals surface area contributed by atoms with E-state index in [9.17, 15) is 0 Å². The Labute approximate surface area is 140 Å². The van der Waals surface area contributed by atoms with E-state index in [-0.39, 0.29) is 0 Å². The van der Waals surface area contributed by atoms with Crippen LogP contribution in [0.1, 0.15) is 12.0 Å². The highest BCUT2D eigenvalue weighted by Crippen LogP contribution is 2.19. The van der Waals surface area contributed by atoms with Crippen LogP contribution in [0.3, 0.4) is 0 Å². The Balaban J connectivity index is 1.45. The summed E-state index contributed by atoms with van der Waals surface area (Å²) >= 11 is 1.70. The maximum Gasteiger partial charge on any atom is 0.185 e. The third-order valence-corrected chi connectivity index (χ3v) is 4.75. The summed E-state index contributed by atoms with van der Waals surface area (Å²) in [6, 6.07) is 9.45. The second-order valence-corrected chi connectivity index (χ2v) is 6.36. The van der Waals surface area contributed by atoms with E-state index < -0.39 is 0 Å². The molecule has 1 aromatic carbocycles. The quantitative estimate of drug-likeness (QED) is 0.844. The predicted molar refractivity (Wildman–Crippen MR) is 92.0 cm³/mol. The molecular weight excluding hydrogens is 308 g/mol. The van der Waals surface area contributed by atoms with Gasteiger partial charge in [-0.1, -0.05) is 6.07 Å². The van der Waals surface area contributed by atoms with Crippen LogP contribution in [0.25, 0.3) is 0 Å². The zero-order chi connectivity index (χ0) is 15.9. The van der Waals surface area contributed by atoms with Crippen LogP contribution in [0.15, 0.2) is 35.8 Å². The summed E-state index contributed by atoms with van der Waals surface area (Å²) in [6.07, 6.45) is 3.01. The molecule has 3 rings (SSSR count). The lowest BCUT2D eigenvalue weighted by Crippen LogP contribution is -2.33. The molecule has 5 nitrogen and oxygen atoms in total. The number of nitrogens with zero attached hydrogens (tertiary/aromatic N) is 4. The van der Waals surface area contributed by atoms with Crippen molar-refractivity contribution in [3.8, 4) is 11.8 Å². The number of benzene rings is 1. The predicted octanol–water partition coefficient (Wildman–Crippen LogP) is 2.61. The molecule has 0 aliphatic carbocycles. The molecule has 0 spiro atoms. The van der Waals surface area contributed by atoms with E-state index in [1.807, 2.05) is 23.7 Å². The fourth-order valence-corrected chi connectivity index (χ4v) is 3.40. The molecule has 0 saturated carbocycles. The summed E-state index contributed by atoms with van der Waals surface area (Å²) in [6.45, 7) is 5.74. The van der Waals surface area contributed by atoms with Crippen LogP contribution in [0.2, 0.25) is 0 Å². The van der Waals surface area contributed by atoms with Crippen molar-refractivity contribution in [1.82, 2.24) is 9.88 Å². The van der Waals surface area contributed by atoms with Gasteiger partial charge in [0.25, 0.3) is 0 Å². The first-order valence-electron chi connectivity index (χ1n) is 7.85. The molecular formula is C17H20N4OS. The molecule has 1 saturated heterocycles. The minimum atomic E-state index is 0.636. The van der Waals surface area contributed by atoms with Gasteiger partial charge in [0, 0.05) is 44.3 Å². The fraction of sp³-hybridized carbons (Fsp3) is 0.412. The van der Waals surface area contributed by atoms with E-state index in [1.54, 1.807) is 23.5 Å². The monoisotopic (exact) mass is 328 g/mol. The van der Waals surface area contributed by atoms with Gasteiger partial charge in [-0.05, 0) is 24.6 Å². The van der Waals surface area contributed by atoms with Gasteiger partial charge < -0.3 is 9.64 Å². The van der Waals surface area contributed by atoms with Crippen molar-refractivity contribution < 1.29 is 4.74 Å². The van der Waals surface area contributed by atoms with E-state index in [4.69, 9.17) is 10.00 Å². The van der Waals surface area contributed by atoms with E-state index in [1.165, 1.54) is 0 Å². The fourth-order valence-electron chi connectivity index (χ4n) is 2.71. The van der Waals surface area contributed by atoms with Crippen molar-refractivity contribution >= 4 is 16.5 Å². The van der Waals surface area contributed by atoms with Gasteiger partial charge in [-0.15, -0.1) is 11.3 Å². The Bertz CT molecular complexity index is 653. The first-order valence-corrected chi connectivity index (χ1v) is 8.73. The standard InChI is InChI=1S/C17H20N4OS/c18-14-15-3-1-4-16(13-15)22-11-10-20-6-2-7-21(9-8-20)17-19-5-12-23-17/h1,3-5,12-13H,2,6-11H2. The molecule has 6 heteroatoms. The van der Waals surface area contributed by atoms with Crippen LogP contribution < -0.4 is 9.64 Å². The number of aromatic nitrogens is 1. The van der Waals surface area contributed by atoms with Gasteiger partial charge in [0.15, 0.2) is 5.13 Å². The Kier molecular flexibility index (Phi) is 5.46. The van der Waals surface area contributed by atoms with Crippen LogP contribution in [0.4, 0.5) is 5.13 Å². The number of hydrogen-bond acceptors (Lipinski definition) is 6. The summed E-state index contributed by atoms with van der Waals surface area (Å²) < 4.78 is 5.77. The van der Waals surface area contributed by atoms with Gasteiger partial charge in [-0.25, -0.2) is 4.98 Å². The minimum Gasteiger partial charge on any atom is -0.492 e. The maximum absolute atomic E-state index is 8.90. The lowest BCUT2D eigenvalue weighted by molar-refractivity contribution is 0.218. The average molecular weight is 328 g/mol. The van der Waals surface area contributed by atoms with Crippen molar-refractivity contribution in [2.45, 2.75) is 6.42 Å². The molecule has 23 heavy (non-hydrogen) atoms. The maximum atomic E-state index is 8.90. The summed E-state index contributed by atoms with van der Waals surface area (Å²) in [5, 5.41) is 12.1. The number of hydrogen-bond donors (Lipinski definition) is 0. The molecule has 0 atom stereocenters. The molecule has 0 radical (unpaired) electrons. The average Bonchev–Trinajstić information content (AvgIpc) is 3.02. The Morgan fingerprint density at radius 3 is 3.04 bits per heavy atom. The largest absolute Gasteiger partial charge is 0.492 e. The highest BCUT2D eigenvalue weighted by Gasteiger charge is 2.16. The third kappa shape index (κ3) is 4.44. The Morgan fingerprint density at radius 2 is 2.22 bits per heavy atom. The second-order valence-electron chi connectivity index (χ2n) is 5.49. The van der Waals surface area contributed by atoms with Crippen molar-refractivity contribution in [2.75, 3.05) is 44.2 Å². The molecule has 1 fully saturated rings.